The summed E-state index contributed by atoms with van der Waals surface area (Å²) in [6.45, 7) is -0.763. The largest absolute Gasteiger partial charge is 0.394 e. The molecule has 1 aromatic heterocycles. The smallest absolute Gasteiger partial charge is 0.110 e. The van der Waals surface area contributed by atoms with Gasteiger partial charge in [0.05, 0.1) is 18.2 Å². The highest BCUT2D eigenvalue weighted by Gasteiger charge is 2.30. The maximum Gasteiger partial charge on any atom is 0.110 e. The molecule has 0 radical (unpaired) electrons. The van der Waals surface area contributed by atoms with Crippen molar-refractivity contribution in [3.63, 3.8) is 0 Å². The van der Waals surface area contributed by atoms with Crippen molar-refractivity contribution in [3.05, 3.63) is 30.0 Å². The summed E-state index contributed by atoms with van der Waals surface area (Å²) < 4.78 is 8.00. The Morgan fingerprint density at radius 2 is 1.75 bits per heavy atom. The Morgan fingerprint density at radius 1 is 1.10 bits per heavy atom. The van der Waals surface area contributed by atoms with Gasteiger partial charge in [0.15, 0.2) is 0 Å². The second kappa shape index (κ2) is 6.29. The number of nitrogens with zero attached hydrogens (tertiary/aromatic N) is 1. The number of hydrogen-bond acceptors (Lipinski definition) is 6. The van der Waals surface area contributed by atoms with E-state index in [0.29, 0.717) is 16.6 Å². The molecule has 1 aromatic carbocycles. The summed E-state index contributed by atoms with van der Waals surface area (Å²) >= 11 is 0. The number of benzene rings is 1. The molecule has 0 amide bonds. The minimum atomic E-state index is -1.78. The van der Waals surface area contributed by atoms with Gasteiger partial charge in [0.25, 0.3) is 0 Å². The van der Waals surface area contributed by atoms with Gasteiger partial charge in [0, 0.05) is 18.8 Å². The quantitative estimate of drug-likeness (QED) is 0.384. The zero-order valence-electron chi connectivity index (χ0n) is 11.6. The van der Waals surface area contributed by atoms with Crippen molar-refractivity contribution in [1.82, 2.24) is 10.2 Å². The molecule has 1 unspecified atom stereocenters. The third-order valence-corrected chi connectivity index (χ3v) is 3.11. The number of hydrogen-bond donors (Lipinski definition) is 6. The van der Waals surface area contributed by atoms with Gasteiger partial charge in [-0.25, -0.2) is 0 Å². The number of aromatic nitrogens is 2. The van der Waals surface area contributed by atoms with Crippen LogP contribution in [0.3, 0.4) is 0 Å². The van der Waals surface area contributed by atoms with Gasteiger partial charge in [-0.1, -0.05) is 18.2 Å². The van der Waals surface area contributed by atoms with E-state index >= 15 is 0 Å². The Balaban J connectivity index is 2.20. The summed E-state index contributed by atoms with van der Waals surface area (Å²) in [4.78, 5) is 0. The first-order valence-corrected chi connectivity index (χ1v) is 6.15. The van der Waals surface area contributed by atoms with E-state index in [2.05, 4.69) is 10.2 Å². The van der Waals surface area contributed by atoms with Gasteiger partial charge in [0.2, 0.25) is 0 Å². The van der Waals surface area contributed by atoms with Crippen molar-refractivity contribution in [3.8, 4) is 0 Å². The molecule has 110 valence electrons. The lowest BCUT2D eigenvalue weighted by Crippen LogP contribution is -2.46. The van der Waals surface area contributed by atoms with E-state index in [0.717, 1.165) is 0 Å². The Kier molecular flexibility index (Phi) is 4.24. The fourth-order valence-corrected chi connectivity index (χ4v) is 1.91. The molecule has 0 saturated heterocycles. The standard InChI is InChI=1S/C13H18N2O5/c16-6-11(18)13(20)12(19)10(17)5-9-7-3-1-2-4-8(7)14-15-9/h1-4,10-13,16-20H,5-6H2,(H,14,15)/t10-,11-,12-,13-/m1/s1/i5D/t5?,10-,11-,12-,13-. The lowest BCUT2D eigenvalue weighted by molar-refractivity contribution is -0.114. The van der Waals surface area contributed by atoms with Crippen LogP contribution in [-0.4, -0.2) is 66.8 Å². The fraction of sp³-hybridized carbons (Fsp3) is 0.462. The van der Waals surface area contributed by atoms with Gasteiger partial charge in [-0.2, -0.15) is 5.10 Å². The van der Waals surface area contributed by atoms with Crippen LogP contribution in [0.5, 0.6) is 0 Å². The number of H-pyrrole nitrogens is 1. The molecule has 0 aliphatic carbocycles. The van der Waals surface area contributed by atoms with Gasteiger partial charge in [0.1, 0.15) is 18.3 Å². The molecule has 5 atom stereocenters. The number of rotatable bonds is 6. The first-order valence-electron chi connectivity index (χ1n) is 6.73. The minimum Gasteiger partial charge on any atom is -0.394 e. The number of fused-ring (bicyclic) bond motifs is 1. The van der Waals surface area contributed by atoms with E-state index in [1.807, 2.05) is 0 Å². The van der Waals surface area contributed by atoms with Gasteiger partial charge in [-0.15, -0.1) is 0 Å². The van der Waals surface area contributed by atoms with E-state index in [9.17, 15) is 20.4 Å². The normalized spacial score (nSPS) is 20.1. The molecular formula is C13H18N2O5. The average Bonchev–Trinajstić information content (AvgIpc) is 2.95. The van der Waals surface area contributed by atoms with Crippen LogP contribution < -0.4 is 0 Å². The Hall–Kier alpha value is -1.51. The van der Waals surface area contributed by atoms with Crippen LogP contribution in [0.25, 0.3) is 10.9 Å². The first kappa shape index (κ1) is 13.5. The highest BCUT2D eigenvalue weighted by atomic mass is 16.4. The number of aliphatic hydroxyl groups is 5. The third-order valence-electron chi connectivity index (χ3n) is 3.11. The van der Waals surface area contributed by atoms with Gasteiger partial charge < -0.3 is 25.5 Å². The molecule has 6 N–H and O–H groups in total. The van der Waals surface area contributed by atoms with Gasteiger partial charge in [-0.3, -0.25) is 5.10 Å². The topological polar surface area (TPSA) is 130 Å². The van der Waals surface area contributed by atoms with Crippen LogP contribution in [0, 0.1) is 0 Å². The molecule has 0 aliphatic heterocycles. The molecule has 20 heavy (non-hydrogen) atoms. The zero-order chi connectivity index (χ0) is 15.6. The van der Waals surface area contributed by atoms with Crippen molar-refractivity contribution in [2.24, 2.45) is 0 Å². The lowest BCUT2D eigenvalue weighted by Gasteiger charge is -2.25. The number of aromatic amines is 1. The Labute approximate surface area is 116 Å². The van der Waals surface area contributed by atoms with Crippen LogP contribution in [-0.2, 0) is 6.40 Å². The maximum atomic E-state index is 9.99. The predicted octanol–water partition coefficient (Wildman–Crippen LogP) is -1.46. The second-order valence-electron chi connectivity index (χ2n) is 4.54. The van der Waals surface area contributed by atoms with E-state index in [1.165, 1.54) is 0 Å². The third kappa shape index (κ3) is 2.97. The van der Waals surface area contributed by atoms with E-state index < -0.39 is 37.4 Å². The maximum absolute atomic E-state index is 9.99. The summed E-state index contributed by atoms with van der Waals surface area (Å²) in [7, 11) is 0. The van der Waals surface area contributed by atoms with Crippen LogP contribution in [0.1, 0.15) is 7.06 Å². The Morgan fingerprint density at radius 3 is 2.45 bits per heavy atom. The summed E-state index contributed by atoms with van der Waals surface area (Å²) in [6, 6.07) is 6.98. The number of para-hydroxylation sites is 1. The number of nitrogens with one attached hydrogen (secondary N) is 1. The molecule has 7 nitrogen and oxygen atoms in total. The molecule has 0 aliphatic rings. The highest BCUT2D eigenvalue weighted by Crippen LogP contribution is 2.18. The molecule has 0 bridgehead atoms. The monoisotopic (exact) mass is 283 g/mol. The summed E-state index contributed by atoms with van der Waals surface area (Å²) in [6.07, 6.45) is -8.10. The molecule has 0 fully saturated rings. The van der Waals surface area contributed by atoms with Crippen LogP contribution in [0.2, 0.25) is 0 Å². The average molecular weight is 283 g/mol. The molecule has 2 rings (SSSR count). The summed E-state index contributed by atoms with van der Waals surface area (Å²) in [5.74, 6) is 0. The molecule has 1 heterocycles. The van der Waals surface area contributed by atoms with Crippen molar-refractivity contribution < 1.29 is 26.9 Å². The van der Waals surface area contributed by atoms with Crippen molar-refractivity contribution in [2.45, 2.75) is 30.8 Å². The van der Waals surface area contributed by atoms with Gasteiger partial charge >= 0.3 is 0 Å². The lowest BCUT2D eigenvalue weighted by atomic mass is 9.99. The minimum absolute atomic E-state index is 0.294. The van der Waals surface area contributed by atoms with Crippen LogP contribution in [0.4, 0.5) is 0 Å². The van der Waals surface area contributed by atoms with E-state index in [1.54, 1.807) is 24.3 Å². The molecule has 7 heteroatoms. The molecule has 0 spiro atoms. The van der Waals surface area contributed by atoms with Crippen molar-refractivity contribution >= 4 is 10.9 Å². The molecular weight excluding hydrogens is 264 g/mol. The zero-order valence-corrected chi connectivity index (χ0v) is 10.6. The number of aliphatic hydroxyl groups excluding tert-OH is 5. The predicted molar refractivity (Wildman–Crippen MR) is 70.9 cm³/mol. The van der Waals surface area contributed by atoms with Crippen molar-refractivity contribution in [2.75, 3.05) is 6.61 Å². The molecule has 0 saturated carbocycles. The fourth-order valence-electron chi connectivity index (χ4n) is 1.91. The van der Waals surface area contributed by atoms with Crippen LogP contribution in [0.15, 0.2) is 24.3 Å². The summed E-state index contributed by atoms with van der Waals surface area (Å²) in [5, 5.41) is 54.6. The molecule has 2 aromatic rings. The van der Waals surface area contributed by atoms with E-state index in [4.69, 9.17) is 6.48 Å². The van der Waals surface area contributed by atoms with Gasteiger partial charge in [-0.05, 0) is 6.07 Å². The second-order valence-corrected chi connectivity index (χ2v) is 4.54. The van der Waals surface area contributed by atoms with E-state index in [-0.39, 0.29) is 0 Å². The SMILES string of the molecule is [2H]C(c1[nH]nc2ccccc12)[C@@H](O)[C@@H](O)[C@H](O)[C@H](O)CO. The van der Waals surface area contributed by atoms with Crippen LogP contribution >= 0.6 is 0 Å². The summed E-state index contributed by atoms with van der Waals surface area (Å²) in [5.41, 5.74) is 0.908. The Bertz CT molecular complexity index is 593. The first-order chi connectivity index (χ1) is 9.97. The highest BCUT2D eigenvalue weighted by molar-refractivity contribution is 5.81. The van der Waals surface area contributed by atoms with Crippen molar-refractivity contribution in [1.29, 1.82) is 0 Å².